The molecule has 152 valence electrons. The molecule has 1 aliphatic rings. The molecule has 1 unspecified atom stereocenters. The lowest BCUT2D eigenvalue weighted by Gasteiger charge is -2.29. The number of amides is 3. The summed E-state index contributed by atoms with van der Waals surface area (Å²) in [6.45, 7) is 1.64. The second-order valence-corrected chi connectivity index (χ2v) is 7.11. The first-order valence-electron chi connectivity index (χ1n) is 8.60. The number of rotatable bonds is 5. The average molecular weight is 464 g/mol. The number of anilines is 1. The Morgan fingerprint density at radius 3 is 2.38 bits per heavy atom. The number of halogens is 2. The van der Waals surface area contributed by atoms with Crippen LogP contribution in [0.2, 0.25) is 0 Å². The summed E-state index contributed by atoms with van der Waals surface area (Å²) in [6.07, 6.45) is 0. The van der Waals surface area contributed by atoms with Gasteiger partial charge in [0.2, 0.25) is 0 Å². The van der Waals surface area contributed by atoms with E-state index in [0.29, 0.717) is 38.5 Å². The normalized spacial score (nSPS) is 16.0. The molecule has 9 heteroatoms. The third-order valence-electron chi connectivity index (χ3n) is 4.43. The first-order valence-corrected chi connectivity index (χ1v) is 9.40. The van der Waals surface area contributed by atoms with Gasteiger partial charge < -0.3 is 25.4 Å². The van der Waals surface area contributed by atoms with Gasteiger partial charge in [0.1, 0.15) is 5.82 Å². The van der Waals surface area contributed by atoms with Crippen LogP contribution in [0.3, 0.4) is 0 Å². The van der Waals surface area contributed by atoms with Gasteiger partial charge in [-0.15, -0.1) is 0 Å². The molecule has 0 aromatic heterocycles. The number of allylic oxidation sites excluding steroid dienone is 1. The van der Waals surface area contributed by atoms with Crippen molar-refractivity contribution in [1.29, 1.82) is 0 Å². The number of hydrogen-bond donors (Lipinski definition) is 3. The smallest absolute Gasteiger partial charge is 0.319 e. The minimum atomic E-state index is -0.752. The molecule has 1 aliphatic heterocycles. The van der Waals surface area contributed by atoms with E-state index in [1.165, 1.54) is 38.5 Å². The number of hydrogen-bond acceptors (Lipinski definition) is 4. The molecule has 7 nitrogen and oxygen atoms in total. The van der Waals surface area contributed by atoms with Crippen LogP contribution in [0.15, 0.2) is 52.1 Å². The number of urea groups is 1. The highest BCUT2D eigenvalue weighted by molar-refractivity contribution is 9.10. The fourth-order valence-electron chi connectivity index (χ4n) is 3.05. The fraction of sp³-hybridized carbons (Fsp3) is 0.200. The Kier molecular flexibility index (Phi) is 6.07. The van der Waals surface area contributed by atoms with E-state index in [4.69, 9.17) is 9.47 Å². The molecule has 0 bridgehead atoms. The molecule has 0 fully saturated rings. The van der Waals surface area contributed by atoms with Crippen molar-refractivity contribution in [3.05, 3.63) is 63.5 Å². The van der Waals surface area contributed by atoms with E-state index < -0.39 is 23.8 Å². The van der Waals surface area contributed by atoms with Crippen LogP contribution in [0.5, 0.6) is 11.5 Å². The Labute approximate surface area is 175 Å². The minimum Gasteiger partial charge on any atom is -0.493 e. The summed E-state index contributed by atoms with van der Waals surface area (Å²) >= 11 is 3.47. The lowest BCUT2D eigenvalue weighted by Crippen LogP contribution is -2.46. The van der Waals surface area contributed by atoms with Gasteiger partial charge in [0, 0.05) is 15.9 Å². The van der Waals surface area contributed by atoms with Gasteiger partial charge in [-0.1, -0.05) is 15.9 Å². The van der Waals surface area contributed by atoms with Gasteiger partial charge in [-0.05, 0) is 48.9 Å². The zero-order chi connectivity index (χ0) is 21.1. The summed E-state index contributed by atoms with van der Waals surface area (Å²) in [6, 6.07) is 7.62. The summed E-state index contributed by atoms with van der Waals surface area (Å²) in [7, 11) is 3.02. The Balaban J connectivity index is 2.02. The summed E-state index contributed by atoms with van der Waals surface area (Å²) in [5.41, 5.74) is 1.75. The van der Waals surface area contributed by atoms with E-state index in [1.807, 2.05) is 0 Å². The van der Waals surface area contributed by atoms with E-state index in [2.05, 4.69) is 31.9 Å². The molecule has 29 heavy (non-hydrogen) atoms. The number of carbonyl (C=O) groups is 2. The van der Waals surface area contributed by atoms with Crippen molar-refractivity contribution in [2.45, 2.75) is 13.0 Å². The number of carbonyl (C=O) groups excluding carboxylic acids is 2. The molecule has 3 rings (SSSR count). The van der Waals surface area contributed by atoms with Gasteiger partial charge >= 0.3 is 6.03 Å². The third kappa shape index (κ3) is 4.34. The quantitative estimate of drug-likeness (QED) is 0.627. The van der Waals surface area contributed by atoms with Crippen LogP contribution in [0, 0.1) is 5.82 Å². The Bertz CT molecular complexity index is 992. The Morgan fingerprint density at radius 2 is 1.76 bits per heavy atom. The zero-order valence-corrected chi connectivity index (χ0v) is 17.5. The highest BCUT2D eigenvalue weighted by Gasteiger charge is 2.33. The van der Waals surface area contributed by atoms with E-state index in [1.54, 1.807) is 19.1 Å². The third-order valence-corrected chi connectivity index (χ3v) is 5.12. The SMILES string of the molecule is COc1cc(Br)c(C2NC(=O)NC(C)=C2C(=O)Nc2ccc(F)cc2)cc1OC. The first kappa shape index (κ1) is 20.7. The molecule has 0 saturated carbocycles. The number of nitrogens with one attached hydrogen (secondary N) is 3. The second-order valence-electron chi connectivity index (χ2n) is 6.26. The molecular formula is C20H19BrFN3O4. The van der Waals surface area contributed by atoms with Crippen LogP contribution in [0.1, 0.15) is 18.5 Å². The van der Waals surface area contributed by atoms with Gasteiger partial charge in [-0.25, -0.2) is 9.18 Å². The number of ether oxygens (including phenoxy) is 2. The predicted octanol–water partition coefficient (Wildman–Crippen LogP) is 3.87. The van der Waals surface area contributed by atoms with Crippen LogP contribution in [-0.4, -0.2) is 26.2 Å². The maximum absolute atomic E-state index is 13.1. The van der Waals surface area contributed by atoms with E-state index in [-0.39, 0.29) is 0 Å². The monoisotopic (exact) mass is 463 g/mol. The maximum Gasteiger partial charge on any atom is 0.319 e. The number of methoxy groups -OCH3 is 2. The fourth-order valence-corrected chi connectivity index (χ4v) is 3.60. The van der Waals surface area contributed by atoms with Gasteiger partial charge in [-0.2, -0.15) is 0 Å². The van der Waals surface area contributed by atoms with E-state index in [0.717, 1.165) is 0 Å². The molecule has 0 aliphatic carbocycles. The van der Waals surface area contributed by atoms with Crippen molar-refractivity contribution < 1.29 is 23.5 Å². The van der Waals surface area contributed by atoms with Crippen molar-refractivity contribution in [2.24, 2.45) is 0 Å². The topological polar surface area (TPSA) is 88.7 Å². The highest BCUT2D eigenvalue weighted by atomic mass is 79.9. The Hall–Kier alpha value is -3.07. The molecule has 2 aromatic rings. The van der Waals surface area contributed by atoms with Crippen molar-refractivity contribution in [3.63, 3.8) is 0 Å². The molecule has 2 aromatic carbocycles. The summed E-state index contributed by atoms with van der Waals surface area (Å²) in [5.74, 6) is 0.112. The summed E-state index contributed by atoms with van der Waals surface area (Å²) < 4.78 is 24.4. The largest absolute Gasteiger partial charge is 0.493 e. The predicted molar refractivity (Wildman–Crippen MR) is 109 cm³/mol. The minimum absolute atomic E-state index is 0.307. The molecule has 0 spiro atoms. The van der Waals surface area contributed by atoms with Crippen molar-refractivity contribution in [3.8, 4) is 11.5 Å². The van der Waals surface area contributed by atoms with Crippen LogP contribution >= 0.6 is 15.9 Å². The first-order chi connectivity index (χ1) is 13.8. The highest BCUT2D eigenvalue weighted by Crippen LogP contribution is 2.39. The Morgan fingerprint density at radius 1 is 1.14 bits per heavy atom. The van der Waals surface area contributed by atoms with E-state index in [9.17, 15) is 14.0 Å². The van der Waals surface area contributed by atoms with Crippen LogP contribution in [0.25, 0.3) is 0 Å². The zero-order valence-electron chi connectivity index (χ0n) is 15.9. The molecule has 0 radical (unpaired) electrons. The van der Waals surface area contributed by atoms with E-state index >= 15 is 0 Å². The number of benzene rings is 2. The molecule has 3 amide bonds. The van der Waals surface area contributed by atoms with Crippen molar-refractivity contribution in [1.82, 2.24) is 10.6 Å². The summed E-state index contributed by atoms with van der Waals surface area (Å²) in [5, 5.41) is 8.10. The lowest BCUT2D eigenvalue weighted by molar-refractivity contribution is -0.113. The second kappa shape index (κ2) is 8.52. The van der Waals surface area contributed by atoms with Gasteiger partial charge in [-0.3, -0.25) is 4.79 Å². The van der Waals surface area contributed by atoms with Crippen molar-refractivity contribution in [2.75, 3.05) is 19.5 Å². The molecule has 3 N–H and O–H groups in total. The molecular weight excluding hydrogens is 445 g/mol. The van der Waals surface area contributed by atoms with Crippen LogP contribution in [-0.2, 0) is 4.79 Å². The standard InChI is InChI=1S/C20H19BrFN3O4/c1-10-17(19(26)24-12-6-4-11(22)5-7-12)18(25-20(27)23-10)13-8-15(28-2)16(29-3)9-14(13)21/h4-9,18H,1-3H3,(H,24,26)(H2,23,25,27). The lowest BCUT2D eigenvalue weighted by atomic mass is 9.94. The molecule has 1 atom stereocenters. The summed E-state index contributed by atoms with van der Waals surface area (Å²) in [4.78, 5) is 25.1. The van der Waals surface area contributed by atoms with Gasteiger partial charge in [0.25, 0.3) is 5.91 Å². The van der Waals surface area contributed by atoms with Gasteiger partial charge in [0.05, 0.1) is 25.8 Å². The molecule has 0 saturated heterocycles. The van der Waals surface area contributed by atoms with Crippen molar-refractivity contribution >= 4 is 33.6 Å². The maximum atomic E-state index is 13.1. The van der Waals surface area contributed by atoms with Gasteiger partial charge in [0.15, 0.2) is 11.5 Å². The van der Waals surface area contributed by atoms with Crippen LogP contribution in [0.4, 0.5) is 14.9 Å². The average Bonchev–Trinajstić information content (AvgIpc) is 2.68. The molecule has 1 heterocycles. The van der Waals surface area contributed by atoms with Crippen LogP contribution < -0.4 is 25.4 Å².